The van der Waals surface area contributed by atoms with Crippen molar-refractivity contribution in [2.24, 2.45) is 0 Å². The van der Waals surface area contributed by atoms with Crippen LogP contribution >= 0.6 is 0 Å². The number of carboxylic acid groups (broad SMARTS) is 1. The molecule has 3 rings (SSSR count). The molecule has 0 atom stereocenters. The maximum Gasteiger partial charge on any atom is 0.336 e. The summed E-state index contributed by atoms with van der Waals surface area (Å²) < 4.78 is 0. The molecule has 21 heavy (non-hydrogen) atoms. The maximum absolute atomic E-state index is 11.3. The van der Waals surface area contributed by atoms with Gasteiger partial charge in [-0.3, -0.25) is 0 Å². The number of fused-ring (bicyclic) bond motifs is 1. The van der Waals surface area contributed by atoms with Crippen LogP contribution in [0.25, 0.3) is 22.2 Å². The van der Waals surface area contributed by atoms with Crippen LogP contribution in [0.2, 0.25) is 0 Å². The Bertz CT molecular complexity index is 817. The van der Waals surface area contributed by atoms with Gasteiger partial charge in [-0.2, -0.15) is 0 Å². The lowest BCUT2D eigenvalue weighted by molar-refractivity contribution is -0.331. The number of aromatic hydroxyl groups is 1. The molecule has 1 heterocycles. The fourth-order valence-electron chi connectivity index (χ4n) is 2.26. The molecule has 0 radical (unpaired) electrons. The molecule has 0 saturated heterocycles. The molecule has 0 bridgehead atoms. The van der Waals surface area contributed by atoms with E-state index in [-0.39, 0.29) is 23.7 Å². The number of H-pyrrole nitrogens is 1. The van der Waals surface area contributed by atoms with Gasteiger partial charge in [-0.15, -0.1) is 0 Å². The first-order valence-electron chi connectivity index (χ1n) is 6.13. The smallest absolute Gasteiger partial charge is 0.336 e. The summed E-state index contributed by atoms with van der Waals surface area (Å²) in [5, 5.41) is 20.0. The van der Waals surface area contributed by atoms with E-state index in [0.29, 0.717) is 16.6 Å². The van der Waals surface area contributed by atoms with E-state index in [1.807, 2.05) is 18.2 Å². The number of aromatic nitrogens is 1. The standard InChI is InChI=1S/C16H11NO3.ClH/c18-15-9-14(17-13-8-4-3-7-12(13)15)10-5-1-2-6-11(10)16(19)20;/h1-9H,(H,17,18)(H,19,20);1H. The predicted molar refractivity (Wildman–Crippen MR) is 74.6 cm³/mol. The minimum absolute atomic E-state index is 0. The van der Waals surface area contributed by atoms with Crippen molar-refractivity contribution in [2.45, 2.75) is 0 Å². The Morgan fingerprint density at radius 2 is 1.67 bits per heavy atom. The highest BCUT2D eigenvalue weighted by Crippen LogP contribution is 2.27. The summed E-state index contributed by atoms with van der Waals surface area (Å²) in [6.45, 7) is 0. The van der Waals surface area contributed by atoms with E-state index in [1.165, 1.54) is 6.07 Å². The second-order valence-electron chi connectivity index (χ2n) is 4.46. The van der Waals surface area contributed by atoms with E-state index in [0.717, 1.165) is 5.52 Å². The molecule has 0 fully saturated rings. The number of pyridine rings is 1. The molecule has 0 spiro atoms. The highest BCUT2D eigenvalue weighted by atomic mass is 35.5. The number of carbonyl (C=O) groups is 1. The van der Waals surface area contributed by atoms with Crippen LogP contribution in [0.5, 0.6) is 5.75 Å². The largest absolute Gasteiger partial charge is 1.00 e. The van der Waals surface area contributed by atoms with Gasteiger partial charge in [-0.25, -0.2) is 9.78 Å². The Morgan fingerprint density at radius 1 is 1.00 bits per heavy atom. The third-order valence-corrected chi connectivity index (χ3v) is 3.20. The van der Waals surface area contributed by atoms with Crippen molar-refractivity contribution in [2.75, 3.05) is 0 Å². The first kappa shape index (κ1) is 14.8. The number of aromatic amines is 1. The van der Waals surface area contributed by atoms with Gasteiger partial charge in [0.1, 0.15) is 5.75 Å². The summed E-state index contributed by atoms with van der Waals surface area (Å²) >= 11 is 0. The molecule has 1 aromatic heterocycles. The molecule has 0 saturated carbocycles. The lowest BCUT2D eigenvalue weighted by Gasteiger charge is -2.03. The SMILES string of the molecule is O=C(O)c1ccccc1-c1cc(O)c2ccccc2[nH+]1.[Cl-]. The molecule has 3 N–H and O–H groups in total. The Hall–Kier alpha value is -2.59. The van der Waals surface area contributed by atoms with Gasteiger partial charge in [-0.1, -0.05) is 24.3 Å². The third-order valence-electron chi connectivity index (χ3n) is 3.20. The Kier molecular flexibility index (Phi) is 4.10. The maximum atomic E-state index is 11.3. The lowest BCUT2D eigenvalue weighted by atomic mass is 10.0. The highest BCUT2D eigenvalue weighted by molar-refractivity contribution is 5.95. The summed E-state index contributed by atoms with van der Waals surface area (Å²) in [6, 6.07) is 15.6. The second-order valence-corrected chi connectivity index (χ2v) is 4.46. The number of carboxylic acids is 1. The Labute approximate surface area is 127 Å². The van der Waals surface area contributed by atoms with E-state index < -0.39 is 5.97 Å². The molecule has 5 heteroatoms. The number of rotatable bonds is 2. The normalized spacial score (nSPS) is 10.1. The topological polar surface area (TPSA) is 71.7 Å². The van der Waals surface area contributed by atoms with E-state index >= 15 is 0 Å². The molecule has 0 aliphatic heterocycles. The minimum Gasteiger partial charge on any atom is -1.00 e. The van der Waals surface area contributed by atoms with Crippen LogP contribution < -0.4 is 17.4 Å². The van der Waals surface area contributed by atoms with Crippen molar-refractivity contribution in [1.29, 1.82) is 0 Å². The van der Waals surface area contributed by atoms with Crippen LogP contribution in [-0.4, -0.2) is 16.2 Å². The van der Waals surface area contributed by atoms with Gasteiger partial charge in [0.15, 0.2) is 0 Å². The molecule has 0 aliphatic rings. The quantitative estimate of drug-likeness (QED) is 0.684. The monoisotopic (exact) mass is 301 g/mol. The van der Waals surface area contributed by atoms with Crippen molar-refractivity contribution < 1.29 is 32.4 Å². The molecule has 0 aliphatic carbocycles. The van der Waals surface area contributed by atoms with E-state index in [2.05, 4.69) is 4.98 Å². The molecule has 2 aromatic carbocycles. The van der Waals surface area contributed by atoms with Gasteiger partial charge in [0.2, 0.25) is 11.2 Å². The van der Waals surface area contributed by atoms with Crippen LogP contribution in [0.3, 0.4) is 0 Å². The summed E-state index contributed by atoms with van der Waals surface area (Å²) in [7, 11) is 0. The number of halogens is 1. The summed E-state index contributed by atoms with van der Waals surface area (Å²) in [4.78, 5) is 14.4. The summed E-state index contributed by atoms with van der Waals surface area (Å²) in [5.41, 5.74) is 2.06. The molecule has 0 unspecified atom stereocenters. The van der Waals surface area contributed by atoms with E-state index in [4.69, 9.17) is 0 Å². The van der Waals surface area contributed by atoms with Gasteiger partial charge in [0.25, 0.3) is 0 Å². The Morgan fingerprint density at radius 3 is 2.43 bits per heavy atom. The highest BCUT2D eigenvalue weighted by Gasteiger charge is 2.18. The average molecular weight is 302 g/mol. The fourth-order valence-corrected chi connectivity index (χ4v) is 2.26. The van der Waals surface area contributed by atoms with Gasteiger partial charge in [0.05, 0.1) is 22.6 Å². The Balaban J connectivity index is 0.00000161. The van der Waals surface area contributed by atoms with Crippen LogP contribution in [0, 0.1) is 0 Å². The number of nitrogens with one attached hydrogen (secondary N) is 1. The van der Waals surface area contributed by atoms with Crippen molar-refractivity contribution in [3.05, 3.63) is 60.2 Å². The first-order valence-corrected chi connectivity index (χ1v) is 6.13. The zero-order chi connectivity index (χ0) is 14.1. The molecular formula is C16H12ClNO3. The zero-order valence-electron chi connectivity index (χ0n) is 10.9. The van der Waals surface area contributed by atoms with E-state index in [1.54, 1.807) is 30.3 Å². The molecule has 3 aromatic rings. The molecule has 106 valence electrons. The predicted octanol–water partition coefficient (Wildman–Crippen LogP) is -0.271. The average Bonchev–Trinajstić information content (AvgIpc) is 2.47. The van der Waals surface area contributed by atoms with Crippen molar-refractivity contribution in [1.82, 2.24) is 0 Å². The lowest BCUT2D eigenvalue weighted by Crippen LogP contribution is -3.00. The van der Waals surface area contributed by atoms with Crippen molar-refractivity contribution >= 4 is 16.9 Å². The summed E-state index contributed by atoms with van der Waals surface area (Å²) in [5.74, 6) is -0.879. The van der Waals surface area contributed by atoms with Crippen LogP contribution in [0.15, 0.2) is 54.6 Å². The number of aromatic carboxylic acids is 1. The van der Waals surface area contributed by atoms with Gasteiger partial charge in [-0.05, 0) is 18.2 Å². The number of hydrogen-bond acceptors (Lipinski definition) is 2. The molecule has 0 amide bonds. The number of hydrogen-bond donors (Lipinski definition) is 2. The number of para-hydroxylation sites is 1. The van der Waals surface area contributed by atoms with Crippen molar-refractivity contribution in [3.8, 4) is 17.0 Å². The van der Waals surface area contributed by atoms with Crippen LogP contribution in [-0.2, 0) is 0 Å². The zero-order valence-corrected chi connectivity index (χ0v) is 11.6. The van der Waals surface area contributed by atoms with Gasteiger partial charge in [0, 0.05) is 6.07 Å². The minimum atomic E-state index is -0.998. The van der Waals surface area contributed by atoms with Crippen LogP contribution in [0.4, 0.5) is 0 Å². The van der Waals surface area contributed by atoms with Gasteiger partial charge >= 0.3 is 5.97 Å². The third kappa shape index (κ3) is 2.66. The molecule has 4 nitrogen and oxygen atoms in total. The fraction of sp³-hybridized carbons (Fsp3) is 0. The molecular weight excluding hydrogens is 290 g/mol. The number of benzene rings is 2. The van der Waals surface area contributed by atoms with Crippen molar-refractivity contribution in [3.63, 3.8) is 0 Å². The second kappa shape index (κ2) is 5.81. The first-order chi connectivity index (χ1) is 9.66. The summed E-state index contributed by atoms with van der Waals surface area (Å²) in [6.07, 6.45) is 0. The van der Waals surface area contributed by atoms with E-state index in [9.17, 15) is 15.0 Å². The van der Waals surface area contributed by atoms with Crippen LogP contribution in [0.1, 0.15) is 10.4 Å². The van der Waals surface area contributed by atoms with Gasteiger partial charge < -0.3 is 22.6 Å².